The molecule has 0 fully saturated rings. The lowest BCUT2D eigenvalue weighted by Gasteiger charge is -2.17. The van der Waals surface area contributed by atoms with Crippen LogP contribution in [0.5, 0.6) is 11.5 Å². The van der Waals surface area contributed by atoms with Gasteiger partial charge in [0.2, 0.25) is 10.0 Å². The van der Waals surface area contributed by atoms with Crippen LogP contribution in [0.3, 0.4) is 0 Å². The van der Waals surface area contributed by atoms with Crippen molar-refractivity contribution in [2.45, 2.75) is 24.2 Å². The Bertz CT molecular complexity index is 884. The zero-order valence-corrected chi connectivity index (χ0v) is 15.7. The monoisotopic (exact) mass is 377 g/mol. The van der Waals surface area contributed by atoms with Gasteiger partial charge in [0.05, 0.1) is 19.1 Å². The minimum Gasteiger partial charge on any atom is -0.493 e. The normalized spacial score (nSPS) is 13.6. The van der Waals surface area contributed by atoms with E-state index in [4.69, 9.17) is 9.47 Å². The molecule has 0 bridgehead atoms. The average Bonchev–Trinajstić information content (AvgIpc) is 2.67. The first-order valence-corrected chi connectivity index (χ1v) is 9.96. The van der Waals surface area contributed by atoms with E-state index in [1.54, 1.807) is 6.07 Å². The molecule has 0 saturated carbocycles. The van der Waals surface area contributed by atoms with Gasteiger partial charge in [-0.05, 0) is 36.6 Å². The van der Waals surface area contributed by atoms with Gasteiger partial charge >= 0.3 is 0 Å². The third-order valence-corrected chi connectivity index (χ3v) is 5.75. The molecule has 7 nitrogen and oxygen atoms in total. The van der Waals surface area contributed by atoms with Crippen LogP contribution in [-0.2, 0) is 22.9 Å². The van der Waals surface area contributed by atoms with E-state index in [-0.39, 0.29) is 11.4 Å². The van der Waals surface area contributed by atoms with Crippen LogP contribution in [0.4, 0.5) is 5.82 Å². The van der Waals surface area contributed by atoms with Gasteiger partial charge in [-0.3, -0.25) is 0 Å². The summed E-state index contributed by atoms with van der Waals surface area (Å²) < 4.78 is 37.9. The number of aromatic nitrogens is 1. The molecule has 3 rings (SSSR count). The van der Waals surface area contributed by atoms with E-state index in [0.29, 0.717) is 17.9 Å². The number of pyridine rings is 1. The maximum absolute atomic E-state index is 12.5. The summed E-state index contributed by atoms with van der Waals surface area (Å²) in [5, 5.41) is 3.28. The van der Waals surface area contributed by atoms with E-state index in [2.05, 4.69) is 21.1 Å². The first kappa shape index (κ1) is 18.5. The highest BCUT2D eigenvalue weighted by molar-refractivity contribution is 7.89. The Balaban J connectivity index is 1.65. The summed E-state index contributed by atoms with van der Waals surface area (Å²) in [6.45, 7) is 1.19. The summed E-state index contributed by atoms with van der Waals surface area (Å²) in [5.74, 6) is 1.77. The standard InChI is InChI=1S/C18H23N3O4S/c1-24-16-8-7-15(12-17(16)25-2)26(22,23)20-11-9-14-6-5-13-4-3-10-19-18(13)21-14/h5-8,12,20H,3-4,9-11H2,1-2H3,(H,19,21). The maximum atomic E-state index is 12.5. The molecule has 0 amide bonds. The fourth-order valence-electron chi connectivity index (χ4n) is 2.89. The minimum absolute atomic E-state index is 0.134. The van der Waals surface area contributed by atoms with Crippen LogP contribution in [0.25, 0.3) is 0 Å². The third-order valence-electron chi connectivity index (χ3n) is 4.29. The second kappa shape index (κ2) is 7.92. The highest BCUT2D eigenvalue weighted by atomic mass is 32.2. The Labute approximate surface area is 153 Å². The van der Waals surface area contributed by atoms with Crippen LogP contribution in [0.1, 0.15) is 17.7 Å². The number of hydrogen-bond donors (Lipinski definition) is 2. The number of aryl methyl sites for hydroxylation is 1. The number of hydrogen-bond acceptors (Lipinski definition) is 6. The van der Waals surface area contributed by atoms with Crippen LogP contribution in [0, 0.1) is 0 Å². The Morgan fingerprint density at radius 1 is 1.15 bits per heavy atom. The summed E-state index contributed by atoms with van der Waals surface area (Å²) in [6, 6.07) is 8.53. The number of anilines is 1. The fourth-order valence-corrected chi connectivity index (χ4v) is 3.94. The number of nitrogens with zero attached hydrogens (tertiary/aromatic N) is 1. The molecule has 0 radical (unpaired) electrons. The van der Waals surface area contributed by atoms with Crippen LogP contribution < -0.4 is 19.5 Å². The highest BCUT2D eigenvalue weighted by Crippen LogP contribution is 2.29. The number of sulfonamides is 1. The molecule has 140 valence electrons. The zero-order valence-electron chi connectivity index (χ0n) is 14.9. The summed E-state index contributed by atoms with van der Waals surface area (Å²) in [4.78, 5) is 4.71. The highest BCUT2D eigenvalue weighted by Gasteiger charge is 2.17. The Hall–Kier alpha value is -2.32. The van der Waals surface area contributed by atoms with Gasteiger partial charge in [-0.1, -0.05) is 6.07 Å². The van der Waals surface area contributed by atoms with Gasteiger partial charge in [0.15, 0.2) is 11.5 Å². The van der Waals surface area contributed by atoms with Crippen LogP contribution in [-0.4, -0.2) is 40.7 Å². The predicted octanol–water partition coefficient (Wildman–Crippen LogP) is 1.98. The van der Waals surface area contributed by atoms with Crippen molar-refractivity contribution in [2.24, 2.45) is 0 Å². The molecule has 2 N–H and O–H groups in total. The van der Waals surface area contributed by atoms with Gasteiger partial charge < -0.3 is 14.8 Å². The lowest BCUT2D eigenvalue weighted by atomic mass is 10.1. The molecule has 1 aromatic heterocycles. The molecule has 8 heteroatoms. The number of benzene rings is 1. The largest absolute Gasteiger partial charge is 0.493 e. The molecular formula is C18H23N3O4S. The van der Waals surface area contributed by atoms with Crippen molar-refractivity contribution >= 4 is 15.8 Å². The third kappa shape index (κ3) is 4.08. The molecule has 1 aromatic carbocycles. The van der Waals surface area contributed by atoms with Crippen molar-refractivity contribution in [3.05, 3.63) is 41.6 Å². The van der Waals surface area contributed by atoms with Gasteiger partial charge in [0.25, 0.3) is 0 Å². The topological polar surface area (TPSA) is 89.6 Å². The summed E-state index contributed by atoms with van der Waals surface area (Å²) in [7, 11) is -0.660. The second-order valence-electron chi connectivity index (χ2n) is 6.01. The first-order chi connectivity index (χ1) is 12.5. The van der Waals surface area contributed by atoms with Crippen molar-refractivity contribution in [3.8, 4) is 11.5 Å². The van der Waals surface area contributed by atoms with E-state index < -0.39 is 10.0 Å². The minimum atomic E-state index is -3.63. The van der Waals surface area contributed by atoms with Gasteiger partial charge in [-0.2, -0.15) is 0 Å². The molecule has 0 saturated heterocycles. The number of fused-ring (bicyclic) bond motifs is 1. The van der Waals surface area contributed by atoms with Crippen molar-refractivity contribution in [3.63, 3.8) is 0 Å². The Morgan fingerprint density at radius 2 is 1.96 bits per heavy atom. The molecule has 26 heavy (non-hydrogen) atoms. The molecule has 0 atom stereocenters. The van der Waals surface area contributed by atoms with Gasteiger partial charge in [-0.15, -0.1) is 0 Å². The molecular weight excluding hydrogens is 354 g/mol. The first-order valence-electron chi connectivity index (χ1n) is 8.48. The quantitative estimate of drug-likeness (QED) is 0.767. The number of methoxy groups -OCH3 is 2. The fraction of sp³-hybridized carbons (Fsp3) is 0.389. The van der Waals surface area contributed by atoms with E-state index in [9.17, 15) is 8.42 Å². The van der Waals surface area contributed by atoms with Gasteiger partial charge in [0.1, 0.15) is 5.82 Å². The van der Waals surface area contributed by atoms with E-state index >= 15 is 0 Å². The van der Waals surface area contributed by atoms with E-state index in [0.717, 1.165) is 30.9 Å². The lowest BCUT2D eigenvalue weighted by Crippen LogP contribution is -2.26. The maximum Gasteiger partial charge on any atom is 0.240 e. The summed E-state index contributed by atoms with van der Waals surface area (Å²) >= 11 is 0. The zero-order chi connectivity index (χ0) is 18.6. The summed E-state index contributed by atoms with van der Waals surface area (Å²) in [5.41, 5.74) is 2.07. The molecule has 2 aromatic rings. The molecule has 1 aliphatic rings. The summed E-state index contributed by atoms with van der Waals surface area (Å²) in [6.07, 6.45) is 2.65. The van der Waals surface area contributed by atoms with Crippen LogP contribution in [0.2, 0.25) is 0 Å². The van der Waals surface area contributed by atoms with Gasteiger partial charge in [0, 0.05) is 31.3 Å². The molecule has 0 spiro atoms. The van der Waals surface area contributed by atoms with E-state index in [1.165, 1.54) is 31.9 Å². The number of rotatable bonds is 7. The molecule has 1 aliphatic heterocycles. The lowest BCUT2D eigenvalue weighted by molar-refractivity contribution is 0.354. The number of nitrogens with one attached hydrogen (secondary N) is 2. The molecule has 0 aliphatic carbocycles. The average molecular weight is 377 g/mol. The smallest absolute Gasteiger partial charge is 0.240 e. The van der Waals surface area contributed by atoms with E-state index in [1.807, 2.05) is 6.07 Å². The van der Waals surface area contributed by atoms with Crippen molar-refractivity contribution in [2.75, 3.05) is 32.6 Å². The van der Waals surface area contributed by atoms with Gasteiger partial charge in [-0.25, -0.2) is 18.1 Å². The Kier molecular flexibility index (Phi) is 5.63. The SMILES string of the molecule is COc1ccc(S(=O)(=O)NCCc2ccc3c(n2)NCCC3)cc1OC. The molecule has 0 unspecified atom stereocenters. The molecule has 2 heterocycles. The van der Waals surface area contributed by atoms with Crippen molar-refractivity contribution in [1.82, 2.24) is 9.71 Å². The van der Waals surface area contributed by atoms with Crippen LogP contribution >= 0.6 is 0 Å². The second-order valence-corrected chi connectivity index (χ2v) is 7.77. The Morgan fingerprint density at radius 3 is 2.73 bits per heavy atom. The van der Waals surface area contributed by atoms with Crippen molar-refractivity contribution in [1.29, 1.82) is 0 Å². The van der Waals surface area contributed by atoms with Crippen molar-refractivity contribution < 1.29 is 17.9 Å². The van der Waals surface area contributed by atoms with Crippen LogP contribution in [0.15, 0.2) is 35.2 Å². The predicted molar refractivity (Wildman–Crippen MR) is 99.5 cm³/mol. The number of ether oxygens (including phenoxy) is 2.